The minimum absolute atomic E-state index is 0.473. The second-order valence-electron chi connectivity index (χ2n) is 7.12. The number of aliphatic imine (C=N–C) groups is 1. The molecule has 1 N–H and O–H groups in total. The zero-order chi connectivity index (χ0) is 16.8. The molecule has 1 aromatic rings. The fourth-order valence-corrected chi connectivity index (χ4v) is 3.89. The first-order valence-corrected chi connectivity index (χ1v) is 9.39. The van der Waals surface area contributed by atoms with Crippen molar-refractivity contribution in [2.24, 2.45) is 10.9 Å². The molecule has 1 fully saturated rings. The Morgan fingerprint density at radius 2 is 2.33 bits per heavy atom. The van der Waals surface area contributed by atoms with E-state index in [2.05, 4.69) is 44.0 Å². The zero-order valence-electron chi connectivity index (χ0n) is 15.1. The van der Waals surface area contributed by atoms with Gasteiger partial charge in [-0.15, -0.1) is 0 Å². The molecule has 3 rings (SSSR count). The number of rotatable bonds is 4. The zero-order valence-corrected chi connectivity index (χ0v) is 15.1. The summed E-state index contributed by atoms with van der Waals surface area (Å²) in [5.74, 6) is 1.71. The topological polar surface area (TPSA) is 45.5 Å². The summed E-state index contributed by atoms with van der Waals surface area (Å²) in [6.07, 6.45) is 15.9. The van der Waals surface area contributed by atoms with E-state index in [1.165, 1.54) is 32.1 Å². The van der Waals surface area contributed by atoms with Crippen LogP contribution in [0.15, 0.2) is 35.4 Å². The van der Waals surface area contributed by atoms with E-state index in [1.54, 1.807) is 5.57 Å². The van der Waals surface area contributed by atoms with Crippen LogP contribution < -0.4 is 5.32 Å². The van der Waals surface area contributed by atoms with Crippen LogP contribution in [0.1, 0.15) is 51.5 Å². The Labute approximate surface area is 145 Å². The molecule has 2 unspecified atom stereocenters. The Kier molecular flexibility index (Phi) is 5.94. The number of nitrogens with one attached hydrogen (secondary N) is 1. The molecule has 1 aliphatic heterocycles. The van der Waals surface area contributed by atoms with Crippen molar-refractivity contribution in [3.8, 4) is 0 Å². The van der Waals surface area contributed by atoms with Crippen molar-refractivity contribution in [1.82, 2.24) is 19.8 Å². The molecule has 24 heavy (non-hydrogen) atoms. The average molecular weight is 329 g/mol. The lowest BCUT2D eigenvalue weighted by Crippen LogP contribution is -2.49. The van der Waals surface area contributed by atoms with Crippen molar-refractivity contribution in [3.63, 3.8) is 0 Å². The first-order chi connectivity index (χ1) is 11.8. The maximum atomic E-state index is 4.52. The maximum Gasteiger partial charge on any atom is 0.193 e. The average Bonchev–Trinajstić information content (AvgIpc) is 3.15. The number of allylic oxidation sites excluding steroid dienone is 1. The Morgan fingerprint density at radius 1 is 1.42 bits per heavy atom. The molecule has 5 heteroatoms. The molecule has 0 bridgehead atoms. The van der Waals surface area contributed by atoms with Crippen molar-refractivity contribution in [3.05, 3.63) is 30.4 Å². The van der Waals surface area contributed by atoms with Crippen LogP contribution in [0.25, 0.3) is 0 Å². The third-order valence-corrected chi connectivity index (χ3v) is 5.45. The van der Waals surface area contributed by atoms with Gasteiger partial charge in [-0.05, 0) is 44.4 Å². The smallest absolute Gasteiger partial charge is 0.193 e. The molecule has 0 aromatic carbocycles. The quantitative estimate of drug-likeness (QED) is 0.524. The third kappa shape index (κ3) is 4.19. The second-order valence-corrected chi connectivity index (χ2v) is 7.12. The molecule has 1 saturated heterocycles. The lowest BCUT2D eigenvalue weighted by Gasteiger charge is -2.39. The third-order valence-electron chi connectivity index (χ3n) is 5.45. The molecule has 0 saturated carbocycles. The van der Waals surface area contributed by atoms with Gasteiger partial charge in [0.2, 0.25) is 0 Å². The Hall–Kier alpha value is -1.78. The SMILES string of the molecule is CN=C(NCCC1=CCCCC1)N1CCC(C)C(n2ccnc2)C1. The molecule has 0 amide bonds. The van der Waals surface area contributed by atoms with Gasteiger partial charge >= 0.3 is 0 Å². The van der Waals surface area contributed by atoms with Gasteiger partial charge in [0, 0.05) is 39.1 Å². The van der Waals surface area contributed by atoms with Crippen molar-refractivity contribution in [2.45, 2.75) is 51.5 Å². The summed E-state index contributed by atoms with van der Waals surface area (Å²) in [6.45, 7) is 5.41. The summed E-state index contributed by atoms with van der Waals surface area (Å²) in [6, 6.07) is 0.473. The van der Waals surface area contributed by atoms with Crippen molar-refractivity contribution >= 4 is 5.96 Å². The van der Waals surface area contributed by atoms with E-state index in [0.29, 0.717) is 12.0 Å². The lowest BCUT2D eigenvalue weighted by atomic mass is 9.93. The van der Waals surface area contributed by atoms with Gasteiger partial charge in [-0.1, -0.05) is 18.6 Å². The molecule has 2 heterocycles. The van der Waals surface area contributed by atoms with Gasteiger partial charge in [0.15, 0.2) is 5.96 Å². The van der Waals surface area contributed by atoms with Crippen LogP contribution in [-0.2, 0) is 0 Å². The normalized spacial score (nSPS) is 25.5. The fraction of sp³-hybridized carbons (Fsp3) is 0.684. The van der Waals surface area contributed by atoms with Crippen LogP contribution in [0.3, 0.4) is 0 Å². The molecule has 0 radical (unpaired) electrons. The standard InChI is InChI=1S/C19H31N5/c1-16-9-12-23(14-18(16)24-13-11-21-15-24)19(20-2)22-10-8-17-6-4-3-5-7-17/h6,11,13,15-16,18H,3-5,7-10,12,14H2,1-2H3,(H,20,22). The van der Waals surface area contributed by atoms with Crippen LogP contribution in [0.4, 0.5) is 0 Å². The molecular weight excluding hydrogens is 298 g/mol. The number of likely N-dealkylation sites (tertiary alicyclic amines) is 1. The summed E-state index contributed by atoms with van der Waals surface area (Å²) in [5, 5.41) is 3.58. The fourth-order valence-electron chi connectivity index (χ4n) is 3.89. The van der Waals surface area contributed by atoms with Gasteiger partial charge in [0.25, 0.3) is 0 Å². The number of hydrogen-bond acceptors (Lipinski definition) is 2. The summed E-state index contributed by atoms with van der Waals surface area (Å²) in [4.78, 5) is 11.1. The van der Waals surface area contributed by atoms with E-state index in [4.69, 9.17) is 0 Å². The van der Waals surface area contributed by atoms with Crippen molar-refractivity contribution in [1.29, 1.82) is 0 Å². The largest absolute Gasteiger partial charge is 0.356 e. The summed E-state index contributed by atoms with van der Waals surface area (Å²) < 4.78 is 2.25. The van der Waals surface area contributed by atoms with E-state index >= 15 is 0 Å². The van der Waals surface area contributed by atoms with Crippen LogP contribution in [0.2, 0.25) is 0 Å². The summed E-state index contributed by atoms with van der Waals surface area (Å²) >= 11 is 0. The Bertz CT molecular complexity index is 560. The Morgan fingerprint density at radius 3 is 3.04 bits per heavy atom. The van der Waals surface area contributed by atoms with Gasteiger partial charge in [-0.3, -0.25) is 4.99 Å². The van der Waals surface area contributed by atoms with Crippen molar-refractivity contribution in [2.75, 3.05) is 26.7 Å². The number of imidazole rings is 1. The van der Waals surface area contributed by atoms with Crippen LogP contribution in [0, 0.1) is 5.92 Å². The molecule has 1 aromatic heterocycles. The highest BCUT2D eigenvalue weighted by molar-refractivity contribution is 5.80. The number of piperidine rings is 1. The van der Waals surface area contributed by atoms with Crippen LogP contribution in [0.5, 0.6) is 0 Å². The molecule has 1 aliphatic carbocycles. The van der Waals surface area contributed by atoms with E-state index in [-0.39, 0.29) is 0 Å². The van der Waals surface area contributed by atoms with E-state index in [9.17, 15) is 0 Å². The van der Waals surface area contributed by atoms with Gasteiger partial charge in [-0.25, -0.2) is 4.98 Å². The Balaban J connectivity index is 1.54. The highest BCUT2D eigenvalue weighted by Gasteiger charge is 2.28. The predicted octanol–water partition coefficient (Wildman–Crippen LogP) is 3.23. The number of guanidine groups is 1. The molecular formula is C19H31N5. The molecule has 132 valence electrons. The van der Waals surface area contributed by atoms with E-state index < -0.39 is 0 Å². The van der Waals surface area contributed by atoms with Crippen LogP contribution >= 0.6 is 0 Å². The molecule has 2 atom stereocenters. The lowest BCUT2D eigenvalue weighted by molar-refractivity contribution is 0.189. The predicted molar refractivity (Wildman–Crippen MR) is 99.1 cm³/mol. The molecule has 5 nitrogen and oxygen atoms in total. The molecule has 2 aliphatic rings. The van der Waals surface area contributed by atoms with E-state index in [0.717, 1.165) is 32.0 Å². The van der Waals surface area contributed by atoms with Gasteiger partial charge in [-0.2, -0.15) is 0 Å². The van der Waals surface area contributed by atoms with Gasteiger partial charge in [0.05, 0.1) is 12.4 Å². The minimum Gasteiger partial charge on any atom is -0.356 e. The number of aromatic nitrogens is 2. The monoisotopic (exact) mass is 329 g/mol. The summed E-state index contributed by atoms with van der Waals surface area (Å²) in [5.41, 5.74) is 1.62. The first-order valence-electron chi connectivity index (χ1n) is 9.39. The highest BCUT2D eigenvalue weighted by Crippen LogP contribution is 2.27. The minimum atomic E-state index is 0.473. The highest BCUT2D eigenvalue weighted by atomic mass is 15.3. The van der Waals surface area contributed by atoms with Crippen LogP contribution in [-0.4, -0.2) is 47.1 Å². The second kappa shape index (κ2) is 8.36. The van der Waals surface area contributed by atoms with Crippen molar-refractivity contribution < 1.29 is 0 Å². The maximum absolute atomic E-state index is 4.52. The number of nitrogens with zero attached hydrogens (tertiary/aromatic N) is 4. The summed E-state index contributed by atoms with van der Waals surface area (Å²) in [7, 11) is 1.90. The molecule has 0 spiro atoms. The van der Waals surface area contributed by atoms with E-state index in [1.807, 2.05) is 19.6 Å². The van der Waals surface area contributed by atoms with Gasteiger partial charge < -0.3 is 14.8 Å². The number of hydrogen-bond donors (Lipinski definition) is 1. The first kappa shape index (κ1) is 17.1. The van der Waals surface area contributed by atoms with Gasteiger partial charge in [0.1, 0.15) is 0 Å².